The molecule has 1 aromatic rings. The number of pyridine rings is 1. The lowest BCUT2D eigenvalue weighted by molar-refractivity contribution is 0.00928. The molecule has 0 unspecified atom stereocenters. The molecule has 1 aliphatic carbocycles. The van der Waals surface area contributed by atoms with Crippen molar-refractivity contribution in [2.45, 2.75) is 71.6 Å². The van der Waals surface area contributed by atoms with E-state index in [9.17, 15) is 4.79 Å². The van der Waals surface area contributed by atoms with Gasteiger partial charge in [0.15, 0.2) is 5.96 Å². The van der Waals surface area contributed by atoms with Crippen LogP contribution in [0.4, 0.5) is 4.79 Å². The van der Waals surface area contributed by atoms with Gasteiger partial charge in [0, 0.05) is 38.3 Å². The molecule has 2 heterocycles. The first-order chi connectivity index (χ1) is 15.3. The smallest absolute Gasteiger partial charge is 0.410 e. The minimum absolute atomic E-state index is 0.174. The molecule has 1 aromatic heterocycles. The number of aliphatic imine (C=N–C) groups is 1. The SMILES string of the molecule is CCNC(=NCc1cccc(OC)n1)N1CCC(N(CC2CC2)C(=O)OC(C)(C)C)CC1. The maximum absolute atomic E-state index is 12.9. The van der Waals surface area contributed by atoms with E-state index in [0.29, 0.717) is 18.3 Å². The highest BCUT2D eigenvalue weighted by molar-refractivity contribution is 5.80. The predicted molar refractivity (Wildman–Crippen MR) is 126 cm³/mol. The van der Waals surface area contributed by atoms with Crippen molar-refractivity contribution in [1.29, 1.82) is 0 Å². The Morgan fingerprint density at radius 2 is 1.97 bits per heavy atom. The van der Waals surface area contributed by atoms with Gasteiger partial charge in [-0.2, -0.15) is 0 Å². The van der Waals surface area contributed by atoms with E-state index in [2.05, 4.69) is 22.1 Å². The Morgan fingerprint density at radius 1 is 1.25 bits per heavy atom. The molecule has 1 aliphatic heterocycles. The summed E-state index contributed by atoms with van der Waals surface area (Å²) >= 11 is 0. The van der Waals surface area contributed by atoms with E-state index < -0.39 is 5.60 Å². The Labute approximate surface area is 192 Å². The molecule has 2 aliphatic rings. The van der Waals surface area contributed by atoms with Crippen LogP contribution >= 0.6 is 0 Å². The van der Waals surface area contributed by atoms with E-state index in [1.54, 1.807) is 7.11 Å². The van der Waals surface area contributed by atoms with Gasteiger partial charge >= 0.3 is 6.09 Å². The highest BCUT2D eigenvalue weighted by atomic mass is 16.6. The number of rotatable bonds is 7. The fraction of sp³-hybridized carbons (Fsp3) is 0.708. The molecular formula is C24H39N5O3. The Morgan fingerprint density at radius 3 is 2.56 bits per heavy atom. The van der Waals surface area contributed by atoms with Crippen LogP contribution in [0.15, 0.2) is 23.2 Å². The third-order valence-electron chi connectivity index (χ3n) is 5.70. The van der Waals surface area contributed by atoms with Crippen molar-refractivity contribution in [1.82, 2.24) is 20.1 Å². The fourth-order valence-corrected chi connectivity index (χ4v) is 3.90. The molecule has 0 aromatic carbocycles. The van der Waals surface area contributed by atoms with Crippen molar-refractivity contribution >= 4 is 12.1 Å². The van der Waals surface area contributed by atoms with Crippen LogP contribution in [0.2, 0.25) is 0 Å². The van der Waals surface area contributed by atoms with E-state index in [0.717, 1.165) is 50.7 Å². The zero-order chi connectivity index (χ0) is 23.1. The number of nitrogens with zero attached hydrogens (tertiary/aromatic N) is 4. The largest absolute Gasteiger partial charge is 0.481 e. The molecule has 0 bridgehead atoms. The number of hydrogen-bond donors (Lipinski definition) is 1. The van der Waals surface area contributed by atoms with Crippen molar-refractivity contribution in [2.24, 2.45) is 10.9 Å². The van der Waals surface area contributed by atoms with Gasteiger partial charge in [-0.05, 0) is 65.4 Å². The number of aromatic nitrogens is 1. The number of carbonyl (C=O) groups is 1. The number of likely N-dealkylation sites (tertiary alicyclic amines) is 1. The quantitative estimate of drug-likeness (QED) is 0.510. The monoisotopic (exact) mass is 445 g/mol. The van der Waals surface area contributed by atoms with Crippen LogP contribution < -0.4 is 10.1 Å². The van der Waals surface area contributed by atoms with Crippen LogP contribution in [0.5, 0.6) is 5.88 Å². The second-order valence-corrected chi connectivity index (χ2v) is 9.64. The van der Waals surface area contributed by atoms with Crippen molar-refractivity contribution in [3.63, 3.8) is 0 Å². The van der Waals surface area contributed by atoms with Crippen molar-refractivity contribution in [3.8, 4) is 5.88 Å². The number of methoxy groups -OCH3 is 1. The summed E-state index contributed by atoms with van der Waals surface area (Å²) in [6, 6.07) is 5.93. The molecule has 3 rings (SSSR count). The van der Waals surface area contributed by atoms with Gasteiger partial charge in [0.05, 0.1) is 19.3 Å². The topological polar surface area (TPSA) is 79.3 Å². The predicted octanol–water partition coefficient (Wildman–Crippen LogP) is 3.67. The third kappa shape index (κ3) is 7.28. The molecule has 178 valence electrons. The van der Waals surface area contributed by atoms with E-state index >= 15 is 0 Å². The van der Waals surface area contributed by atoms with Gasteiger partial charge in [0.1, 0.15) is 5.60 Å². The number of piperidine rings is 1. The molecule has 1 N–H and O–H groups in total. The summed E-state index contributed by atoms with van der Waals surface area (Å²) in [5.74, 6) is 2.12. The van der Waals surface area contributed by atoms with Gasteiger partial charge in [-0.3, -0.25) is 0 Å². The van der Waals surface area contributed by atoms with Gasteiger partial charge in [-0.25, -0.2) is 14.8 Å². The molecule has 0 atom stereocenters. The maximum Gasteiger partial charge on any atom is 0.410 e. The van der Waals surface area contributed by atoms with Crippen molar-refractivity contribution in [3.05, 3.63) is 23.9 Å². The zero-order valence-electron chi connectivity index (χ0n) is 20.3. The zero-order valence-corrected chi connectivity index (χ0v) is 20.3. The summed E-state index contributed by atoms with van der Waals surface area (Å²) < 4.78 is 10.9. The average Bonchev–Trinajstić information content (AvgIpc) is 3.58. The Kier molecular flexibility index (Phi) is 8.21. The average molecular weight is 446 g/mol. The molecule has 1 amide bonds. The van der Waals surface area contributed by atoms with E-state index in [1.165, 1.54) is 12.8 Å². The summed E-state index contributed by atoms with van der Waals surface area (Å²) in [7, 11) is 1.62. The van der Waals surface area contributed by atoms with Crippen LogP contribution in [0, 0.1) is 5.92 Å². The summed E-state index contributed by atoms with van der Waals surface area (Å²) in [6.07, 6.45) is 4.08. The fourth-order valence-electron chi connectivity index (χ4n) is 3.90. The first kappa shape index (κ1) is 24.1. The standard InChI is InChI=1S/C24H39N5O3/c1-6-25-22(26-16-19-8-7-9-21(27-19)31-5)28-14-12-20(13-15-28)29(17-18-10-11-18)23(30)32-24(2,3)4/h7-9,18,20H,6,10-17H2,1-5H3,(H,25,26). The Balaban J connectivity index is 1.61. The molecule has 32 heavy (non-hydrogen) atoms. The summed E-state index contributed by atoms with van der Waals surface area (Å²) in [6.45, 7) is 11.7. The minimum Gasteiger partial charge on any atom is -0.481 e. The van der Waals surface area contributed by atoms with Gasteiger partial charge in [0.2, 0.25) is 5.88 Å². The molecule has 1 saturated carbocycles. The highest BCUT2D eigenvalue weighted by Gasteiger charge is 2.35. The number of carbonyl (C=O) groups excluding carboxylic acids is 1. The van der Waals surface area contributed by atoms with E-state index in [4.69, 9.17) is 14.5 Å². The van der Waals surface area contributed by atoms with Crippen LogP contribution in [0.1, 0.15) is 59.1 Å². The normalized spacial score (nSPS) is 17.8. The number of amides is 1. The van der Waals surface area contributed by atoms with Gasteiger partial charge < -0.3 is 24.6 Å². The Hall–Kier alpha value is -2.51. The second-order valence-electron chi connectivity index (χ2n) is 9.64. The third-order valence-corrected chi connectivity index (χ3v) is 5.70. The second kappa shape index (κ2) is 10.9. The number of guanidine groups is 1. The molecule has 8 heteroatoms. The molecule has 0 radical (unpaired) electrons. The molecule has 8 nitrogen and oxygen atoms in total. The maximum atomic E-state index is 12.9. The van der Waals surface area contributed by atoms with Crippen molar-refractivity contribution < 1.29 is 14.3 Å². The minimum atomic E-state index is -0.474. The lowest BCUT2D eigenvalue weighted by Gasteiger charge is -2.40. The van der Waals surface area contributed by atoms with Crippen LogP contribution in [-0.2, 0) is 11.3 Å². The summed E-state index contributed by atoms with van der Waals surface area (Å²) in [4.78, 5) is 26.4. The Bertz CT molecular complexity index is 780. The van der Waals surface area contributed by atoms with Gasteiger partial charge in [-0.15, -0.1) is 0 Å². The van der Waals surface area contributed by atoms with Gasteiger partial charge in [-0.1, -0.05) is 6.07 Å². The van der Waals surface area contributed by atoms with E-state index in [-0.39, 0.29) is 12.1 Å². The molecule has 2 fully saturated rings. The lowest BCUT2D eigenvalue weighted by atomic mass is 10.0. The van der Waals surface area contributed by atoms with E-state index in [1.807, 2.05) is 43.9 Å². The molecular weight excluding hydrogens is 406 g/mol. The molecule has 1 saturated heterocycles. The number of hydrogen-bond acceptors (Lipinski definition) is 5. The highest BCUT2D eigenvalue weighted by Crippen LogP contribution is 2.32. The summed E-state index contributed by atoms with van der Waals surface area (Å²) in [5.41, 5.74) is 0.397. The first-order valence-corrected chi connectivity index (χ1v) is 11.8. The first-order valence-electron chi connectivity index (χ1n) is 11.8. The van der Waals surface area contributed by atoms with Crippen LogP contribution in [0.25, 0.3) is 0 Å². The lowest BCUT2D eigenvalue weighted by Crippen LogP contribution is -2.52. The van der Waals surface area contributed by atoms with Crippen LogP contribution in [0.3, 0.4) is 0 Å². The number of ether oxygens (including phenoxy) is 2. The van der Waals surface area contributed by atoms with Crippen molar-refractivity contribution in [2.75, 3.05) is 33.3 Å². The molecule has 0 spiro atoms. The van der Waals surface area contributed by atoms with Crippen LogP contribution in [-0.4, -0.2) is 71.8 Å². The number of nitrogens with one attached hydrogen (secondary N) is 1. The van der Waals surface area contributed by atoms with Gasteiger partial charge in [0.25, 0.3) is 0 Å². The summed E-state index contributed by atoms with van der Waals surface area (Å²) in [5, 5.41) is 3.40.